The highest BCUT2D eigenvalue weighted by atomic mass is 14.3. The zero-order valence-corrected chi connectivity index (χ0v) is 16.5. The highest BCUT2D eigenvalue weighted by molar-refractivity contribution is 6.16. The van der Waals surface area contributed by atoms with E-state index in [0.29, 0.717) is 0 Å². The minimum Gasteiger partial charge on any atom is -0.0581 e. The SMILES string of the molecule is Cc1ccc2c3c(cc(C(C)(C)C)cc13)-c1cc(C(C)(C)C)ccc1-2. The third kappa shape index (κ3) is 2.42. The second kappa shape index (κ2) is 4.97. The molecule has 0 heteroatoms. The maximum Gasteiger partial charge on any atom is -0.00235 e. The summed E-state index contributed by atoms with van der Waals surface area (Å²) >= 11 is 0. The molecule has 0 aliphatic heterocycles. The molecule has 0 atom stereocenters. The van der Waals surface area contributed by atoms with E-state index in [1.807, 2.05) is 0 Å². The van der Waals surface area contributed by atoms with Gasteiger partial charge in [-0.2, -0.15) is 0 Å². The van der Waals surface area contributed by atoms with Crippen molar-refractivity contribution in [2.24, 2.45) is 0 Å². The molecule has 0 heterocycles. The molecule has 25 heavy (non-hydrogen) atoms. The maximum absolute atomic E-state index is 2.43. The van der Waals surface area contributed by atoms with Crippen LogP contribution in [-0.4, -0.2) is 0 Å². The summed E-state index contributed by atoms with van der Waals surface area (Å²) in [7, 11) is 0. The molecule has 0 fully saturated rings. The number of rotatable bonds is 0. The Kier molecular flexibility index (Phi) is 3.26. The standard InChI is InChI=1S/C25H28/c1-15-8-10-19-18-11-9-16(24(2,3)4)12-21(18)22-14-17(25(5,6)7)13-20(15)23(19)22/h8-14H,1-7H3. The van der Waals surface area contributed by atoms with Gasteiger partial charge >= 0.3 is 0 Å². The molecule has 0 bridgehead atoms. The third-order valence-electron chi connectivity index (χ3n) is 5.66. The topological polar surface area (TPSA) is 0 Å². The number of benzene rings is 3. The lowest BCUT2D eigenvalue weighted by atomic mass is 9.82. The Morgan fingerprint density at radius 1 is 0.560 bits per heavy atom. The minimum atomic E-state index is 0.150. The predicted octanol–water partition coefficient (Wildman–Crippen LogP) is 7.39. The van der Waals surface area contributed by atoms with Crippen molar-refractivity contribution in [1.29, 1.82) is 0 Å². The highest BCUT2D eigenvalue weighted by Gasteiger charge is 2.26. The van der Waals surface area contributed by atoms with E-state index in [1.165, 1.54) is 49.7 Å². The van der Waals surface area contributed by atoms with Gasteiger partial charge < -0.3 is 0 Å². The third-order valence-corrected chi connectivity index (χ3v) is 5.66. The summed E-state index contributed by atoms with van der Waals surface area (Å²) in [6, 6.07) is 16.5. The van der Waals surface area contributed by atoms with E-state index >= 15 is 0 Å². The molecule has 0 saturated carbocycles. The first-order chi connectivity index (χ1) is 11.6. The van der Waals surface area contributed by atoms with Gasteiger partial charge in [0, 0.05) is 0 Å². The normalized spacial score (nSPS) is 13.4. The van der Waals surface area contributed by atoms with Crippen molar-refractivity contribution in [2.75, 3.05) is 0 Å². The molecular weight excluding hydrogens is 300 g/mol. The van der Waals surface area contributed by atoms with Gasteiger partial charge in [-0.25, -0.2) is 0 Å². The van der Waals surface area contributed by atoms with Gasteiger partial charge in [0.25, 0.3) is 0 Å². The molecule has 1 aliphatic rings. The average Bonchev–Trinajstić information content (AvgIpc) is 2.83. The summed E-state index contributed by atoms with van der Waals surface area (Å²) in [5.41, 5.74) is 10.1. The van der Waals surface area contributed by atoms with Crippen molar-refractivity contribution >= 4 is 10.8 Å². The Bertz CT molecular complexity index is 1000. The Balaban J connectivity index is 2.11. The van der Waals surface area contributed by atoms with Crippen LogP contribution >= 0.6 is 0 Å². The average molecular weight is 328 g/mol. The summed E-state index contributed by atoms with van der Waals surface area (Å²) in [6.07, 6.45) is 0. The van der Waals surface area contributed by atoms with Gasteiger partial charge in [-0.15, -0.1) is 0 Å². The first kappa shape index (κ1) is 16.4. The smallest absolute Gasteiger partial charge is 0.00235 e. The van der Waals surface area contributed by atoms with Gasteiger partial charge in [-0.3, -0.25) is 0 Å². The van der Waals surface area contributed by atoms with Crippen LogP contribution in [0.4, 0.5) is 0 Å². The molecular formula is C25H28. The summed E-state index contributed by atoms with van der Waals surface area (Å²) in [4.78, 5) is 0. The van der Waals surface area contributed by atoms with E-state index in [2.05, 4.69) is 90.9 Å². The van der Waals surface area contributed by atoms with Crippen LogP contribution in [-0.2, 0) is 10.8 Å². The monoisotopic (exact) mass is 328 g/mol. The van der Waals surface area contributed by atoms with Gasteiger partial charge in [-0.1, -0.05) is 71.9 Å². The van der Waals surface area contributed by atoms with Crippen LogP contribution in [0.2, 0.25) is 0 Å². The lowest BCUT2D eigenvalue weighted by Crippen LogP contribution is -2.11. The summed E-state index contributed by atoms with van der Waals surface area (Å²) in [6.45, 7) is 16.0. The zero-order valence-electron chi connectivity index (χ0n) is 16.5. The predicted molar refractivity (Wildman–Crippen MR) is 111 cm³/mol. The Labute approximate surface area is 151 Å². The fraction of sp³-hybridized carbons (Fsp3) is 0.360. The molecule has 0 nitrogen and oxygen atoms in total. The minimum absolute atomic E-state index is 0.150. The first-order valence-corrected chi connectivity index (χ1v) is 9.30. The zero-order chi connectivity index (χ0) is 18.1. The molecule has 128 valence electrons. The summed E-state index contributed by atoms with van der Waals surface area (Å²) in [5, 5.41) is 2.85. The van der Waals surface area contributed by atoms with E-state index in [9.17, 15) is 0 Å². The second-order valence-corrected chi connectivity index (χ2v) is 9.64. The van der Waals surface area contributed by atoms with Crippen LogP contribution in [0.15, 0.2) is 42.5 Å². The molecule has 3 aromatic carbocycles. The lowest BCUT2D eigenvalue weighted by Gasteiger charge is -2.22. The van der Waals surface area contributed by atoms with E-state index in [-0.39, 0.29) is 10.8 Å². The fourth-order valence-electron chi connectivity index (χ4n) is 3.96. The lowest BCUT2D eigenvalue weighted by molar-refractivity contribution is 0.590. The Morgan fingerprint density at radius 2 is 1.16 bits per heavy atom. The number of hydrogen-bond acceptors (Lipinski definition) is 0. The van der Waals surface area contributed by atoms with Crippen molar-refractivity contribution in [2.45, 2.75) is 59.3 Å². The van der Waals surface area contributed by atoms with Crippen molar-refractivity contribution in [3.8, 4) is 22.3 Å². The van der Waals surface area contributed by atoms with Crippen LogP contribution in [0.5, 0.6) is 0 Å². The van der Waals surface area contributed by atoms with Crippen molar-refractivity contribution < 1.29 is 0 Å². The quantitative estimate of drug-likeness (QED) is 0.315. The van der Waals surface area contributed by atoms with Gasteiger partial charge in [0.1, 0.15) is 0 Å². The van der Waals surface area contributed by atoms with E-state index < -0.39 is 0 Å². The van der Waals surface area contributed by atoms with Gasteiger partial charge in [0.05, 0.1) is 0 Å². The molecule has 0 N–H and O–H groups in total. The van der Waals surface area contributed by atoms with Crippen molar-refractivity contribution in [1.82, 2.24) is 0 Å². The molecule has 3 aromatic rings. The van der Waals surface area contributed by atoms with Crippen LogP contribution in [0.25, 0.3) is 33.0 Å². The maximum atomic E-state index is 2.43. The number of aryl methyl sites for hydroxylation is 1. The molecule has 0 radical (unpaired) electrons. The van der Waals surface area contributed by atoms with E-state index in [0.717, 1.165) is 0 Å². The molecule has 0 spiro atoms. The van der Waals surface area contributed by atoms with Crippen molar-refractivity contribution in [3.05, 3.63) is 59.2 Å². The second-order valence-electron chi connectivity index (χ2n) is 9.64. The summed E-state index contributed by atoms with van der Waals surface area (Å²) in [5.74, 6) is 0. The highest BCUT2D eigenvalue weighted by Crippen LogP contribution is 2.50. The molecule has 0 saturated heterocycles. The van der Waals surface area contributed by atoms with Crippen LogP contribution in [0.3, 0.4) is 0 Å². The van der Waals surface area contributed by atoms with Crippen LogP contribution < -0.4 is 0 Å². The fourth-order valence-corrected chi connectivity index (χ4v) is 3.96. The van der Waals surface area contributed by atoms with Gasteiger partial charge in [0.2, 0.25) is 0 Å². The molecule has 0 aromatic heterocycles. The van der Waals surface area contributed by atoms with E-state index in [4.69, 9.17) is 0 Å². The first-order valence-electron chi connectivity index (χ1n) is 9.30. The Morgan fingerprint density at radius 3 is 1.80 bits per heavy atom. The summed E-state index contributed by atoms with van der Waals surface area (Å²) < 4.78 is 0. The molecule has 1 aliphatic carbocycles. The molecule has 4 rings (SSSR count). The van der Waals surface area contributed by atoms with Gasteiger partial charge in [-0.05, 0) is 79.6 Å². The molecule has 0 amide bonds. The van der Waals surface area contributed by atoms with E-state index in [1.54, 1.807) is 0 Å². The van der Waals surface area contributed by atoms with Gasteiger partial charge in [0.15, 0.2) is 0 Å². The number of hydrogen-bond donors (Lipinski definition) is 0. The van der Waals surface area contributed by atoms with Crippen LogP contribution in [0.1, 0.15) is 58.2 Å². The molecule has 0 unspecified atom stereocenters. The van der Waals surface area contributed by atoms with Crippen molar-refractivity contribution in [3.63, 3.8) is 0 Å². The Hall–Kier alpha value is -2.08. The number of fused-ring (bicyclic) bond motifs is 3. The largest absolute Gasteiger partial charge is 0.0581 e. The van der Waals surface area contributed by atoms with Crippen LogP contribution in [0, 0.1) is 6.92 Å².